The highest BCUT2D eigenvalue weighted by Crippen LogP contribution is 2.37. The molecule has 150 valence electrons. The number of aromatic nitrogens is 3. The summed E-state index contributed by atoms with van der Waals surface area (Å²) in [6.07, 6.45) is 0. The normalized spacial score (nSPS) is 11.5. The van der Waals surface area contributed by atoms with Crippen LogP contribution in [0.15, 0.2) is 49.0 Å². The molecule has 0 saturated carbocycles. The minimum absolute atomic E-state index is 0.0347. The van der Waals surface area contributed by atoms with Crippen LogP contribution in [0, 0.1) is 24.0 Å². The van der Waals surface area contributed by atoms with E-state index in [9.17, 15) is 14.9 Å². The fourth-order valence-electron chi connectivity index (χ4n) is 3.01. The molecule has 0 radical (unpaired) electrons. The summed E-state index contributed by atoms with van der Waals surface area (Å²) < 4.78 is 7.30. The van der Waals surface area contributed by atoms with Crippen molar-refractivity contribution >= 4 is 60.6 Å². The van der Waals surface area contributed by atoms with Gasteiger partial charge >= 0.3 is 0 Å². The van der Waals surface area contributed by atoms with Crippen molar-refractivity contribution in [1.29, 1.82) is 0 Å². The van der Waals surface area contributed by atoms with E-state index in [0.29, 0.717) is 36.7 Å². The molecule has 0 saturated heterocycles. The molecule has 1 aromatic carbocycles. The Hall–Kier alpha value is -3.02. The van der Waals surface area contributed by atoms with Crippen LogP contribution in [0.5, 0.6) is 0 Å². The minimum atomic E-state index is -0.425. The average Bonchev–Trinajstić information content (AvgIpc) is 3.39. The molecule has 0 aliphatic rings. The molecular weight excluding hydrogens is 444 g/mol. The van der Waals surface area contributed by atoms with Gasteiger partial charge in [0.05, 0.1) is 20.5 Å². The van der Waals surface area contributed by atoms with Crippen molar-refractivity contribution in [2.75, 3.05) is 0 Å². The topological polar surface area (TPSA) is 115 Å². The van der Waals surface area contributed by atoms with Crippen LogP contribution in [0.4, 0.5) is 5.69 Å². The summed E-state index contributed by atoms with van der Waals surface area (Å²) >= 11 is 4.15. The van der Waals surface area contributed by atoms with Crippen LogP contribution in [-0.4, -0.2) is 19.9 Å². The molecule has 0 bridgehead atoms. The van der Waals surface area contributed by atoms with E-state index < -0.39 is 4.92 Å². The highest BCUT2D eigenvalue weighted by atomic mass is 32.2. The van der Waals surface area contributed by atoms with E-state index >= 15 is 0 Å². The Bertz CT molecular complexity index is 1510. The lowest BCUT2D eigenvalue weighted by Gasteiger charge is -1.97. The maximum absolute atomic E-state index is 12.5. The lowest BCUT2D eigenvalue weighted by Crippen LogP contribution is -2.08. The van der Waals surface area contributed by atoms with Gasteiger partial charge in [0.2, 0.25) is 0 Å². The summed E-state index contributed by atoms with van der Waals surface area (Å²) in [5, 5.41) is 12.1. The van der Waals surface area contributed by atoms with Crippen molar-refractivity contribution < 1.29 is 9.34 Å². The predicted molar refractivity (Wildman–Crippen MR) is 118 cm³/mol. The van der Waals surface area contributed by atoms with Gasteiger partial charge in [0.25, 0.3) is 11.2 Å². The number of H-pyrrole nitrogens is 1. The lowest BCUT2D eigenvalue weighted by atomic mass is 10.2. The second-order valence-corrected chi connectivity index (χ2v) is 9.97. The van der Waals surface area contributed by atoms with Crippen molar-refractivity contribution in [3.63, 3.8) is 0 Å². The molecule has 30 heavy (non-hydrogen) atoms. The van der Waals surface area contributed by atoms with Gasteiger partial charge in [-0.15, -0.1) is 22.7 Å². The van der Waals surface area contributed by atoms with Gasteiger partial charge in [-0.25, -0.2) is 9.97 Å². The van der Waals surface area contributed by atoms with E-state index in [-0.39, 0.29) is 11.2 Å². The largest absolute Gasteiger partial charge is 0.446 e. The molecule has 4 heterocycles. The van der Waals surface area contributed by atoms with Crippen LogP contribution in [-0.2, 0) is 0 Å². The van der Waals surface area contributed by atoms with Gasteiger partial charge in [-0.3, -0.25) is 14.9 Å². The van der Waals surface area contributed by atoms with Gasteiger partial charge in [-0.1, -0.05) is 0 Å². The van der Waals surface area contributed by atoms with E-state index in [1.54, 1.807) is 18.2 Å². The van der Waals surface area contributed by atoms with Gasteiger partial charge < -0.3 is 9.40 Å². The monoisotopic (exact) mass is 456 g/mol. The number of hydrogen-bond donors (Lipinski definition) is 1. The number of non-ortho nitro benzene ring substituents is 1. The van der Waals surface area contributed by atoms with Gasteiger partial charge in [0, 0.05) is 17.0 Å². The zero-order chi connectivity index (χ0) is 21.0. The molecule has 4 aromatic heterocycles. The summed E-state index contributed by atoms with van der Waals surface area (Å²) in [4.78, 5) is 36.6. The first-order chi connectivity index (χ1) is 14.4. The van der Waals surface area contributed by atoms with Crippen LogP contribution >= 0.6 is 34.4 Å². The summed E-state index contributed by atoms with van der Waals surface area (Å²) in [5.41, 5.74) is 1.49. The number of rotatable bonds is 4. The number of nitro groups is 1. The highest BCUT2D eigenvalue weighted by molar-refractivity contribution is 8.01. The Kier molecular flexibility index (Phi) is 4.45. The molecule has 0 aliphatic heterocycles. The number of benzene rings is 1. The Morgan fingerprint density at radius 3 is 2.80 bits per heavy atom. The number of thiophene rings is 1. The summed E-state index contributed by atoms with van der Waals surface area (Å²) in [7, 11) is 0. The van der Waals surface area contributed by atoms with Gasteiger partial charge in [-0.2, -0.15) is 0 Å². The second-order valence-electron chi connectivity index (χ2n) is 6.49. The second kappa shape index (κ2) is 7.04. The van der Waals surface area contributed by atoms with E-state index in [0.717, 1.165) is 15.1 Å². The van der Waals surface area contributed by atoms with E-state index in [1.807, 2.05) is 13.8 Å². The number of fused-ring (bicyclic) bond motifs is 2. The van der Waals surface area contributed by atoms with Crippen molar-refractivity contribution in [2.45, 2.75) is 23.3 Å². The molecular formula is C19H12N4O4S3. The van der Waals surface area contributed by atoms with Gasteiger partial charge in [-0.05, 0) is 49.4 Å². The quantitative estimate of drug-likeness (QED) is 0.279. The molecule has 0 unspecified atom stereocenters. The molecule has 0 spiro atoms. The third-order valence-corrected chi connectivity index (χ3v) is 7.71. The molecule has 1 N–H and O–H groups in total. The Balaban J connectivity index is 1.46. The van der Waals surface area contributed by atoms with Crippen LogP contribution in [0.2, 0.25) is 0 Å². The van der Waals surface area contributed by atoms with Gasteiger partial charge in [0.1, 0.15) is 4.83 Å². The number of nitrogens with one attached hydrogen (secondary N) is 1. The molecule has 0 atom stereocenters. The fourth-order valence-corrected chi connectivity index (χ4v) is 6.04. The maximum Gasteiger partial charge on any atom is 0.270 e. The number of furan rings is 1. The van der Waals surface area contributed by atoms with E-state index in [4.69, 9.17) is 4.42 Å². The van der Waals surface area contributed by atoms with E-state index in [1.165, 1.54) is 46.6 Å². The molecule has 0 amide bonds. The summed E-state index contributed by atoms with van der Waals surface area (Å²) in [6.45, 7) is 3.88. The standard InChI is InChI=1S/C19H12N4O4S3/c1-8-9(2)28-18-15(8)17(24)21-16(22-18)12-5-6-14(27-12)30-19-20-11-4-3-10(23(25)26)7-13(11)29-19/h3-7H,1-2H3,(H,21,22,24). The number of aryl methyl sites for hydroxylation is 2. The average molecular weight is 457 g/mol. The first kappa shape index (κ1) is 19.0. The third kappa shape index (κ3) is 3.20. The van der Waals surface area contributed by atoms with Crippen molar-refractivity contribution in [2.24, 2.45) is 0 Å². The van der Waals surface area contributed by atoms with Crippen LogP contribution in [0.25, 0.3) is 32.0 Å². The van der Waals surface area contributed by atoms with Crippen molar-refractivity contribution in [3.05, 3.63) is 61.2 Å². The fraction of sp³-hybridized carbons (Fsp3) is 0.105. The SMILES string of the molecule is Cc1sc2nc(-c3ccc(Sc4nc5ccc([N+](=O)[O-])cc5s4)o3)[nH]c(=O)c2c1C. The molecule has 0 aliphatic carbocycles. The Labute approximate surface area is 180 Å². The zero-order valence-electron chi connectivity index (χ0n) is 15.6. The van der Waals surface area contributed by atoms with E-state index in [2.05, 4.69) is 15.0 Å². The minimum Gasteiger partial charge on any atom is -0.446 e. The highest BCUT2D eigenvalue weighted by Gasteiger charge is 2.16. The smallest absolute Gasteiger partial charge is 0.270 e. The number of nitrogens with zero attached hydrogens (tertiary/aromatic N) is 3. The van der Waals surface area contributed by atoms with Crippen LogP contribution < -0.4 is 5.56 Å². The Morgan fingerprint density at radius 1 is 1.17 bits per heavy atom. The molecule has 5 aromatic rings. The number of aromatic amines is 1. The number of hydrogen-bond acceptors (Lipinski definition) is 9. The van der Waals surface area contributed by atoms with Crippen LogP contribution in [0.1, 0.15) is 10.4 Å². The number of thiazole rings is 1. The zero-order valence-corrected chi connectivity index (χ0v) is 18.0. The Morgan fingerprint density at radius 2 is 2.00 bits per heavy atom. The molecule has 0 fully saturated rings. The van der Waals surface area contributed by atoms with Crippen LogP contribution in [0.3, 0.4) is 0 Å². The molecule has 11 heteroatoms. The first-order valence-electron chi connectivity index (χ1n) is 8.72. The van der Waals surface area contributed by atoms with Gasteiger partial charge in [0.15, 0.2) is 21.0 Å². The van der Waals surface area contributed by atoms with Crippen molar-refractivity contribution in [3.8, 4) is 11.6 Å². The lowest BCUT2D eigenvalue weighted by molar-refractivity contribution is -0.384. The van der Waals surface area contributed by atoms with Crippen molar-refractivity contribution in [1.82, 2.24) is 15.0 Å². The molecule has 5 rings (SSSR count). The summed E-state index contributed by atoms with van der Waals surface area (Å²) in [6, 6.07) is 8.12. The number of nitro benzene ring substituents is 1. The summed E-state index contributed by atoms with van der Waals surface area (Å²) in [5.74, 6) is 0.831. The third-order valence-electron chi connectivity index (χ3n) is 4.60. The predicted octanol–water partition coefficient (Wildman–Crippen LogP) is 5.53. The first-order valence-corrected chi connectivity index (χ1v) is 11.2. The maximum atomic E-state index is 12.5. The molecule has 8 nitrogen and oxygen atoms in total.